The summed E-state index contributed by atoms with van der Waals surface area (Å²) in [6, 6.07) is 8.36. The lowest BCUT2D eigenvalue weighted by Gasteiger charge is -2.33. The van der Waals surface area contributed by atoms with E-state index in [1.54, 1.807) is 13.4 Å². The summed E-state index contributed by atoms with van der Waals surface area (Å²) in [6.45, 7) is 4.96. The summed E-state index contributed by atoms with van der Waals surface area (Å²) in [7, 11) is 1.66. The lowest BCUT2D eigenvalue weighted by atomic mass is 10.1. The Bertz CT molecular complexity index is 715. The van der Waals surface area contributed by atoms with Crippen molar-refractivity contribution < 1.29 is 18.6 Å². The van der Waals surface area contributed by atoms with Gasteiger partial charge in [0.15, 0.2) is 11.5 Å². The molecule has 6 nitrogen and oxygen atoms in total. The fourth-order valence-corrected chi connectivity index (χ4v) is 3.90. The van der Waals surface area contributed by atoms with Gasteiger partial charge in [-0.25, -0.2) is 0 Å². The Balaban J connectivity index is 0.00000225. The number of hydrogen-bond donors (Lipinski definition) is 1. The van der Waals surface area contributed by atoms with Crippen LogP contribution in [0.3, 0.4) is 0 Å². The van der Waals surface area contributed by atoms with Gasteiger partial charge in [0, 0.05) is 13.1 Å². The van der Waals surface area contributed by atoms with Crippen molar-refractivity contribution in [1.29, 1.82) is 0 Å². The molecule has 1 aromatic heterocycles. The zero-order valence-corrected chi connectivity index (χ0v) is 17.1. The zero-order valence-electron chi connectivity index (χ0n) is 16.3. The van der Waals surface area contributed by atoms with Crippen LogP contribution in [-0.4, -0.2) is 44.9 Å². The highest BCUT2D eigenvalue weighted by atomic mass is 35.5. The number of halogens is 1. The van der Waals surface area contributed by atoms with Crippen LogP contribution in [0.15, 0.2) is 34.9 Å². The van der Waals surface area contributed by atoms with E-state index in [1.165, 1.54) is 19.3 Å². The van der Waals surface area contributed by atoms with E-state index in [-0.39, 0.29) is 18.4 Å². The molecule has 1 atom stereocenters. The SMILES string of the molecule is COc1cc(CNCC(c2ccco2)N2CCCCC2)cc2c1OCCO2.Cl. The highest BCUT2D eigenvalue weighted by Gasteiger charge is 2.24. The van der Waals surface area contributed by atoms with E-state index in [9.17, 15) is 0 Å². The largest absolute Gasteiger partial charge is 0.493 e. The van der Waals surface area contributed by atoms with Crippen molar-refractivity contribution in [2.24, 2.45) is 0 Å². The zero-order chi connectivity index (χ0) is 18.5. The van der Waals surface area contributed by atoms with Crippen LogP contribution < -0.4 is 19.5 Å². The van der Waals surface area contributed by atoms with Crippen molar-refractivity contribution in [1.82, 2.24) is 10.2 Å². The number of hydrogen-bond acceptors (Lipinski definition) is 6. The minimum Gasteiger partial charge on any atom is -0.493 e. The third-order valence-corrected chi connectivity index (χ3v) is 5.26. The monoisotopic (exact) mass is 408 g/mol. The molecule has 2 aliphatic rings. The predicted octanol–water partition coefficient (Wildman–Crippen LogP) is 3.80. The van der Waals surface area contributed by atoms with Gasteiger partial charge in [-0.05, 0) is 55.8 Å². The summed E-state index contributed by atoms with van der Waals surface area (Å²) < 4.78 is 22.6. The molecule has 28 heavy (non-hydrogen) atoms. The summed E-state index contributed by atoms with van der Waals surface area (Å²) >= 11 is 0. The molecule has 7 heteroatoms. The average Bonchev–Trinajstić information content (AvgIpc) is 3.25. The van der Waals surface area contributed by atoms with Gasteiger partial charge < -0.3 is 23.9 Å². The van der Waals surface area contributed by atoms with Gasteiger partial charge in [-0.1, -0.05) is 6.42 Å². The van der Waals surface area contributed by atoms with Gasteiger partial charge in [0.05, 0.1) is 19.4 Å². The number of nitrogens with one attached hydrogen (secondary N) is 1. The number of rotatable bonds is 7. The molecule has 4 rings (SSSR count). The molecule has 1 fully saturated rings. The Labute approximate surface area is 172 Å². The Morgan fingerprint density at radius 2 is 1.96 bits per heavy atom. The number of nitrogens with zero attached hydrogens (tertiary/aromatic N) is 1. The van der Waals surface area contributed by atoms with E-state index in [0.717, 1.165) is 49.0 Å². The summed E-state index contributed by atoms with van der Waals surface area (Å²) in [5.41, 5.74) is 1.12. The number of methoxy groups -OCH3 is 1. The highest BCUT2D eigenvalue weighted by Crippen LogP contribution is 2.40. The Hall–Kier alpha value is -1.89. The quantitative estimate of drug-likeness (QED) is 0.752. The molecule has 154 valence electrons. The molecule has 0 spiro atoms. The second kappa shape index (κ2) is 10.0. The summed E-state index contributed by atoms with van der Waals surface area (Å²) in [6.07, 6.45) is 5.61. The normalized spacial score (nSPS) is 17.6. The van der Waals surface area contributed by atoms with Crippen molar-refractivity contribution in [3.05, 3.63) is 41.9 Å². The average molecular weight is 409 g/mol. The van der Waals surface area contributed by atoms with Gasteiger partial charge in [0.1, 0.15) is 19.0 Å². The van der Waals surface area contributed by atoms with Crippen molar-refractivity contribution in [3.63, 3.8) is 0 Å². The van der Waals surface area contributed by atoms with E-state index in [1.807, 2.05) is 18.2 Å². The van der Waals surface area contributed by atoms with E-state index < -0.39 is 0 Å². The van der Waals surface area contributed by atoms with Crippen LogP contribution >= 0.6 is 12.4 Å². The fourth-order valence-electron chi connectivity index (χ4n) is 3.90. The second-order valence-corrected chi connectivity index (χ2v) is 7.08. The first-order valence-corrected chi connectivity index (χ1v) is 9.80. The number of benzene rings is 1. The van der Waals surface area contributed by atoms with Gasteiger partial charge in [-0.2, -0.15) is 0 Å². The first-order valence-electron chi connectivity index (χ1n) is 9.80. The molecule has 1 saturated heterocycles. The fraction of sp³-hybridized carbons (Fsp3) is 0.524. The predicted molar refractivity (Wildman–Crippen MR) is 110 cm³/mol. The molecule has 1 N–H and O–H groups in total. The van der Waals surface area contributed by atoms with Gasteiger partial charge >= 0.3 is 0 Å². The van der Waals surface area contributed by atoms with Gasteiger partial charge in [-0.3, -0.25) is 4.90 Å². The van der Waals surface area contributed by atoms with E-state index in [4.69, 9.17) is 18.6 Å². The molecule has 2 aliphatic heterocycles. The standard InChI is InChI=1S/C21H28N2O4.ClH/c1-24-19-12-16(13-20-21(19)27-11-10-26-20)14-22-15-17(18-6-5-9-25-18)23-7-3-2-4-8-23;/h5-6,9,12-13,17,22H,2-4,7-8,10-11,14-15H2,1H3;1H. The molecule has 0 amide bonds. The minimum atomic E-state index is 0. The van der Waals surface area contributed by atoms with Crippen LogP contribution in [0.2, 0.25) is 0 Å². The third kappa shape index (κ3) is 4.74. The summed E-state index contributed by atoms with van der Waals surface area (Å²) in [4.78, 5) is 2.53. The summed E-state index contributed by atoms with van der Waals surface area (Å²) in [5.74, 6) is 3.22. The van der Waals surface area contributed by atoms with Crippen molar-refractivity contribution in [2.75, 3.05) is 40.0 Å². The Morgan fingerprint density at radius 3 is 2.71 bits per heavy atom. The number of furan rings is 1. The smallest absolute Gasteiger partial charge is 0.203 e. The van der Waals surface area contributed by atoms with Crippen LogP contribution in [0.1, 0.15) is 36.6 Å². The number of fused-ring (bicyclic) bond motifs is 1. The van der Waals surface area contributed by atoms with Crippen molar-refractivity contribution in [3.8, 4) is 17.2 Å². The van der Waals surface area contributed by atoms with Crippen LogP contribution in [-0.2, 0) is 6.54 Å². The molecule has 0 aliphatic carbocycles. The maximum atomic E-state index is 5.73. The lowest BCUT2D eigenvalue weighted by molar-refractivity contribution is 0.142. The van der Waals surface area contributed by atoms with Crippen LogP contribution in [0.5, 0.6) is 17.2 Å². The molecular weight excluding hydrogens is 380 g/mol. The van der Waals surface area contributed by atoms with Gasteiger partial charge in [0.25, 0.3) is 0 Å². The van der Waals surface area contributed by atoms with Gasteiger partial charge in [-0.15, -0.1) is 12.4 Å². The van der Waals surface area contributed by atoms with Crippen molar-refractivity contribution in [2.45, 2.75) is 31.8 Å². The summed E-state index contributed by atoms with van der Waals surface area (Å²) in [5, 5.41) is 3.59. The highest BCUT2D eigenvalue weighted by molar-refractivity contribution is 5.85. The van der Waals surface area contributed by atoms with E-state index >= 15 is 0 Å². The van der Waals surface area contributed by atoms with Crippen LogP contribution in [0, 0.1) is 0 Å². The third-order valence-electron chi connectivity index (χ3n) is 5.26. The maximum absolute atomic E-state index is 5.73. The molecule has 0 bridgehead atoms. The molecule has 0 radical (unpaired) electrons. The van der Waals surface area contributed by atoms with E-state index in [0.29, 0.717) is 19.0 Å². The topological polar surface area (TPSA) is 56.1 Å². The first-order chi connectivity index (χ1) is 13.3. The van der Waals surface area contributed by atoms with Crippen molar-refractivity contribution >= 4 is 12.4 Å². The molecule has 1 unspecified atom stereocenters. The minimum absolute atomic E-state index is 0. The number of ether oxygens (including phenoxy) is 3. The number of likely N-dealkylation sites (tertiary alicyclic amines) is 1. The Morgan fingerprint density at radius 1 is 1.14 bits per heavy atom. The molecule has 1 aromatic carbocycles. The van der Waals surface area contributed by atoms with Crippen LogP contribution in [0.4, 0.5) is 0 Å². The maximum Gasteiger partial charge on any atom is 0.203 e. The molecule has 3 heterocycles. The van der Waals surface area contributed by atoms with Gasteiger partial charge in [0.2, 0.25) is 5.75 Å². The van der Waals surface area contributed by atoms with Crippen LogP contribution in [0.25, 0.3) is 0 Å². The second-order valence-electron chi connectivity index (χ2n) is 7.08. The molecular formula is C21H29ClN2O4. The molecule has 2 aromatic rings. The van der Waals surface area contributed by atoms with E-state index in [2.05, 4.69) is 16.3 Å². The lowest BCUT2D eigenvalue weighted by Crippen LogP contribution is -2.38. The Kier molecular flexibility index (Phi) is 7.48. The first kappa shape index (κ1) is 20.8. The molecule has 0 saturated carbocycles. The number of piperidine rings is 1.